The summed E-state index contributed by atoms with van der Waals surface area (Å²) in [7, 11) is 0. The zero-order valence-electron chi connectivity index (χ0n) is 11.1. The van der Waals surface area contributed by atoms with E-state index in [9.17, 15) is 4.79 Å². The Bertz CT molecular complexity index is 393. The largest absolute Gasteiger partial charge is 0.399 e. The predicted molar refractivity (Wildman–Crippen MR) is 71.7 cm³/mol. The summed E-state index contributed by atoms with van der Waals surface area (Å²) in [5.41, 5.74) is 7.46. The van der Waals surface area contributed by atoms with Crippen molar-refractivity contribution < 1.29 is 4.79 Å². The molecule has 0 heterocycles. The summed E-state index contributed by atoms with van der Waals surface area (Å²) >= 11 is 0. The first-order valence-corrected chi connectivity index (χ1v) is 5.93. The lowest BCUT2D eigenvalue weighted by Gasteiger charge is -2.20. The van der Waals surface area contributed by atoms with Crippen molar-refractivity contribution >= 4 is 11.6 Å². The molecule has 0 radical (unpaired) electrons. The normalized spacial score (nSPS) is 13.2. The van der Waals surface area contributed by atoms with Crippen LogP contribution in [0.2, 0.25) is 0 Å². The van der Waals surface area contributed by atoms with Gasteiger partial charge in [0.25, 0.3) is 0 Å². The van der Waals surface area contributed by atoms with Gasteiger partial charge in [0.1, 0.15) is 0 Å². The molecule has 1 amide bonds. The minimum atomic E-state index is -0.166. The molecule has 0 bridgehead atoms. The van der Waals surface area contributed by atoms with Gasteiger partial charge in [0.15, 0.2) is 0 Å². The van der Waals surface area contributed by atoms with Crippen molar-refractivity contribution in [2.24, 2.45) is 5.41 Å². The third-order valence-electron chi connectivity index (χ3n) is 2.60. The van der Waals surface area contributed by atoms with Gasteiger partial charge in [-0.25, -0.2) is 0 Å². The number of nitrogens with two attached hydrogens (primary N) is 1. The van der Waals surface area contributed by atoms with Gasteiger partial charge in [-0.3, -0.25) is 4.79 Å². The average Bonchev–Trinajstić information content (AvgIpc) is 2.24. The maximum atomic E-state index is 11.9. The van der Waals surface area contributed by atoms with Gasteiger partial charge >= 0.3 is 0 Å². The van der Waals surface area contributed by atoms with Crippen LogP contribution in [0.3, 0.4) is 0 Å². The summed E-state index contributed by atoms with van der Waals surface area (Å²) in [6, 6.07) is 7.47. The molecular formula is C14H22N2O. The second-order valence-corrected chi connectivity index (χ2v) is 5.67. The Kier molecular flexibility index (Phi) is 4.16. The van der Waals surface area contributed by atoms with Crippen LogP contribution in [0.15, 0.2) is 24.3 Å². The van der Waals surface area contributed by atoms with Crippen molar-refractivity contribution in [3.05, 3.63) is 29.8 Å². The number of nitrogen functional groups attached to an aromatic ring is 1. The molecule has 3 nitrogen and oxygen atoms in total. The summed E-state index contributed by atoms with van der Waals surface area (Å²) in [6.07, 6.45) is 0. The molecule has 1 unspecified atom stereocenters. The SMILES string of the molecule is CC(C(=O)NCC(C)(C)C)c1cccc(N)c1. The first kappa shape index (κ1) is 13.6. The number of anilines is 1. The fraction of sp³-hybridized carbons (Fsp3) is 0.500. The van der Waals surface area contributed by atoms with Gasteiger partial charge in [-0.1, -0.05) is 32.9 Å². The fourth-order valence-electron chi connectivity index (χ4n) is 1.49. The van der Waals surface area contributed by atoms with Crippen LogP contribution < -0.4 is 11.1 Å². The molecule has 0 saturated heterocycles. The van der Waals surface area contributed by atoms with Crippen molar-refractivity contribution in [2.75, 3.05) is 12.3 Å². The van der Waals surface area contributed by atoms with Crippen molar-refractivity contribution in [3.8, 4) is 0 Å². The number of nitrogens with one attached hydrogen (secondary N) is 1. The molecule has 0 aliphatic carbocycles. The molecule has 3 heteroatoms. The van der Waals surface area contributed by atoms with E-state index in [0.29, 0.717) is 12.2 Å². The average molecular weight is 234 g/mol. The first-order valence-electron chi connectivity index (χ1n) is 5.93. The molecule has 1 aromatic carbocycles. The monoisotopic (exact) mass is 234 g/mol. The molecule has 94 valence electrons. The molecule has 0 aromatic heterocycles. The van der Waals surface area contributed by atoms with Crippen LogP contribution >= 0.6 is 0 Å². The van der Waals surface area contributed by atoms with Crippen molar-refractivity contribution in [1.29, 1.82) is 0 Å². The fourth-order valence-corrected chi connectivity index (χ4v) is 1.49. The summed E-state index contributed by atoms with van der Waals surface area (Å²) in [5.74, 6) is -0.119. The third kappa shape index (κ3) is 4.47. The number of carbonyl (C=O) groups is 1. The highest BCUT2D eigenvalue weighted by molar-refractivity contribution is 5.83. The highest BCUT2D eigenvalue weighted by Gasteiger charge is 2.17. The number of hydrogen-bond donors (Lipinski definition) is 2. The molecule has 0 spiro atoms. The van der Waals surface area contributed by atoms with E-state index in [1.54, 1.807) is 0 Å². The zero-order chi connectivity index (χ0) is 13.1. The smallest absolute Gasteiger partial charge is 0.227 e. The van der Waals surface area contributed by atoms with Gasteiger partial charge in [0.05, 0.1) is 5.92 Å². The molecule has 1 rings (SSSR count). The van der Waals surface area contributed by atoms with Gasteiger partial charge in [-0.05, 0) is 30.0 Å². The van der Waals surface area contributed by atoms with Gasteiger partial charge in [-0.15, -0.1) is 0 Å². The van der Waals surface area contributed by atoms with E-state index in [1.165, 1.54) is 0 Å². The van der Waals surface area contributed by atoms with Crippen LogP contribution in [0.5, 0.6) is 0 Å². The summed E-state index contributed by atoms with van der Waals surface area (Å²) in [5, 5.41) is 2.96. The minimum Gasteiger partial charge on any atom is -0.399 e. The van der Waals surface area contributed by atoms with Crippen LogP contribution in [-0.4, -0.2) is 12.5 Å². The highest BCUT2D eigenvalue weighted by Crippen LogP contribution is 2.18. The molecule has 0 saturated carbocycles. The lowest BCUT2D eigenvalue weighted by molar-refractivity contribution is -0.122. The maximum absolute atomic E-state index is 11.9. The summed E-state index contributed by atoms with van der Waals surface area (Å²) < 4.78 is 0. The Labute approximate surface area is 103 Å². The Morgan fingerprint density at radius 2 is 2.06 bits per heavy atom. The predicted octanol–water partition coefficient (Wildman–Crippen LogP) is 2.53. The molecule has 1 atom stereocenters. The van der Waals surface area contributed by atoms with Crippen molar-refractivity contribution in [1.82, 2.24) is 5.32 Å². The molecule has 0 aliphatic rings. The van der Waals surface area contributed by atoms with Crippen molar-refractivity contribution in [3.63, 3.8) is 0 Å². The Balaban J connectivity index is 2.64. The van der Waals surface area contributed by atoms with Gasteiger partial charge in [0.2, 0.25) is 5.91 Å². The second kappa shape index (κ2) is 5.21. The van der Waals surface area contributed by atoms with E-state index in [2.05, 4.69) is 26.1 Å². The Hall–Kier alpha value is -1.51. The molecule has 0 aliphatic heterocycles. The van der Waals surface area contributed by atoms with Gasteiger partial charge < -0.3 is 11.1 Å². The maximum Gasteiger partial charge on any atom is 0.227 e. The highest BCUT2D eigenvalue weighted by atomic mass is 16.1. The van der Waals surface area contributed by atoms with E-state index >= 15 is 0 Å². The van der Waals surface area contributed by atoms with Crippen LogP contribution in [0.4, 0.5) is 5.69 Å². The third-order valence-corrected chi connectivity index (χ3v) is 2.60. The lowest BCUT2D eigenvalue weighted by atomic mass is 9.95. The van der Waals surface area contributed by atoms with E-state index in [4.69, 9.17) is 5.73 Å². The summed E-state index contributed by atoms with van der Waals surface area (Å²) in [4.78, 5) is 11.9. The number of hydrogen-bond acceptors (Lipinski definition) is 2. The Morgan fingerprint density at radius 1 is 1.41 bits per heavy atom. The minimum absolute atomic E-state index is 0.0468. The molecular weight excluding hydrogens is 212 g/mol. The molecule has 3 N–H and O–H groups in total. The second-order valence-electron chi connectivity index (χ2n) is 5.67. The lowest BCUT2D eigenvalue weighted by Crippen LogP contribution is -2.34. The number of carbonyl (C=O) groups excluding carboxylic acids is 1. The molecule has 1 aromatic rings. The molecule has 0 fully saturated rings. The van der Waals surface area contributed by atoms with Crippen LogP contribution in [0, 0.1) is 5.41 Å². The van der Waals surface area contributed by atoms with E-state index < -0.39 is 0 Å². The quantitative estimate of drug-likeness (QED) is 0.790. The van der Waals surface area contributed by atoms with E-state index in [0.717, 1.165) is 5.56 Å². The van der Waals surface area contributed by atoms with Crippen LogP contribution in [0.1, 0.15) is 39.2 Å². The number of benzene rings is 1. The zero-order valence-corrected chi connectivity index (χ0v) is 11.1. The van der Waals surface area contributed by atoms with Crippen LogP contribution in [-0.2, 0) is 4.79 Å². The van der Waals surface area contributed by atoms with Crippen molar-refractivity contribution in [2.45, 2.75) is 33.6 Å². The number of amides is 1. The Morgan fingerprint density at radius 3 is 2.59 bits per heavy atom. The standard InChI is InChI=1S/C14H22N2O/c1-10(11-6-5-7-12(15)8-11)13(17)16-9-14(2,3)4/h5-8,10H,9,15H2,1-4H3,(H,16,17). The topological polar surface area (TPSA) is 55.1 Å². The van der Waals surface area contributed by atoms with Gasteiger partial charge in [-0.2, -0.15) is 0 Å². The summed E-state index contributed by atoms with van der Waals surface area (Å²) in [6.45, 7) is 8.86. The van der Waals surface area contributed by atoms with E-state index in [1.807, 2.05) is 31.2 Å². The van der Waals surface area contributed by atoms with E-state index in [-0.39, 0.29) is 17.2 Å². The van der Waals surface area contributed by atoms with Crippen LogP contribution in [0.25, 0.3) is 0 Å². The first-order chi connectivity index (χ1) is 7.79. The van der Waals surface area contributed by atoms with Gasteiger partial charge in [0, 0.05) is 12.2 Å². The number of rotatable bonds is 3. The molecule has 17 heavy (non-hydrogen) atoms.